The normalized spacial score (nSPS) is 17.9. The van der Waals surface area contributed by atoms with Crippen molar-refractivity contribution in [2.75, 3.05) is 0 Å². The van der Waals surface area contributed by atoms with Crippen LogP contribution in [0.15, 0.2) is 52.9 Å². The Morgan fingerprint density at radius 2 is 2.06 bits per heavy atom. The van der Waals surface area contributed by atoms with E-state index in [0.717, 1.165) is 42.5 Å². The molecule has 0 spiro atoms. The predicted octanol–water partition coefficient (Wildman–Crippen LogP) is 4.68. The van der Waals surface area contributed by atoms with E-state index in [2.05, 4.69) is 26.2 Å². The molecule has 5 rings (SSSR count). The molecule has 1 aliphatic carbocycles. The molecule has 4 heterocycles. The number of nitrogens with one attached hydrogen (secondary N) is 1. The summed E-state index contributed by atoms with van der Waals surface area (Å²) in [7, 11) is 0. The number of amides is 1. The minimum absolute atomic E-state index is 0.0128. The van der Waals surface area contributed by atoms with Gasteiger partial charge < -0.3 is 5.32 Å². The smallest absolute Gasteiger partial charge is 0.217 e. The van der Waals surface area contributed by atoms with Crippen molar-refractivity contribution in [3.63, 3.8) is 0 Å². The highest BCUT2D eigenvalue weighted by molar-refractivity contribution is 7.99. The number of aromatic nitrogens is 5. The first-order valence-corrected chi connectivity index (χ1v) is 12.3. The van der Waals surface area contributed by atoms with Crippen LogP contribution in [-0.2, 0) is 4.79 Å². The van der Waals surface area contributed by atoms with Crippen LogP contribution in [0, 0.1) is 24.1 Å². The molecule has 1 saturated carbocycles. The zero-order valence-electron chi connectivity index (χ0n) is 19.4. The van der Waals surface area contributed by atoms with Crippen molar-refractivity contribution in [2.24, 2.45) is 0 Å². The lowest BCUT2D eigenvalue weighted by Crippen LogP contribution is -2.36. The maximum Gasteiger partial charge on any atom is 0.217 e. The number of carbonyl (C=O) groups excluding carboxylic acids is 1. The first-order valence-electron chi connectivity index (χ1n) is 11.5. The average Bonchev–Trinajstić information content (AvgIpc) is 3.44. The van der Waals surface area contributed by atoms with Crippen molar-refractivity contribution in [2.45, 2.75) is 61.5 Å². The van der Waals surface area contributed by atoms with Gasteiger partial charge in [0.25, 0.3) is 0 Å². The Labute approximate surface area is 206 Å². The van der Waals surface area contributed by atoms with E-state index in [4.69, 9.17) is 5.10 Å². The second-order valence-corrected chi connectivity index (χ2v) is 9.77. The molecule has 0 atom stereocenters. The Balaban J connectivity index is 1.49. The lowest BCUT2D eigenvalue weighted by atomic mass is 9.91. The van der Waals surface area contributed by atoms with E-state index >= 15 is 0 Å². The standard InChI is InChI=1S/C25H24FN7OS/c1-15-21(13-30-33(15)20-7-5-19(6-8-20)31-16(2)34)17-10-23(35-25-22(26)4-3-9-28-25)24-18(11-27)12-29-32(24)14-17/h3-4,9-10,12-14,19-20H,5-8H2,1-2H3,(H,31,34). The molecule has 35 heavy (non-hydrogen) atoms. The maximum absolute atomic E-state index is 14.4. The monoisotopic (exact) mass is 489 g/mol. The highest BCUT2D eigenvalue weighted by Gasteiger charge is 2.25. The highest BCUT2D eigenvalue weighted by Crippen LogP contribution is 2.37. The van der Waals surface area contributed by atoms with Gasteiger partial charge in [-0.25, -0.2) is 13.9 Å². The van der Waals surface area contributed by atoms with Crippen LogP contribution in [0.2, 0.25) is 0 Å². The fourth-order valence-corrected chi connectivity index (χ4v) is 5.74. The van der Waals surface area contributed by atoms with Crippen molar-refractivity contribution >= 4 is 23.2 Å². The Kier molecular flexibility index (Phi) is 6.26. The van der Waals surface area contributed by atoms with Gasteiger partial charge >= 0.3 is 0 Å². The summed E-state index contributed by atoms with van der Waals surface area (Å²) < 4.78 is 18.1. The molecule has 0 aliphatic heterocycles. The molecule has 0 radical (unpaired) electrons. The number of hydrogen-bond donors (Lipinski definition) is 1. The third kappa shape index (κ3) is 4.51. The number of rotatable bonds is 5. The molecule has 0 saturated heterocycles. The highest BCUT2D eigenvalue weighted by atomic mass is 32.2. The van der Waals surface area contributed by atoms with Crippen LogP contribution in [0.3, 0.4) is 0 Å². The van der Waals surface area contributed by atoms with Crippen molar-refractivity contribution in [3.05, 3.63) is 60.1 Å². The van der Waals surface area contributed by atoms with Crippen LogP contribution in [0.25, 0.3) is 16.6 Å². The Hall–Kier alpha value is -3.71. The minimum Gasteiger partial charge on any atom is -0.354 e. The number of carbonyl (C=O) groups is 1. The Bertz CT molecular complexity index is 1450. The molecule has 4 aromatic heterocycles. The molecule has 1 amide bonds. The summed E-state index contributed by atoms with van der Waals surface area (Å²) in [5, 5.41) is 21.9. The molecule has 1 aliphatic rings. The summed E-state index contributed by atoms with van der Waals surface area (Å²) in [5.74, 6) is -0.406. The zero-order chi connectivity index (χ0) is 24.5. The molecule has 178 valence electrons. The number of pyridine rings is 2. The summed E-state index contributed by atoms with van der Waals surface area (Å²) >= 11 is 1.17. The third-order valence-electron chi connectivity index (χ3n) is 6.43. The summed E-state index contributed by atoms with van der Waals surface area (Å²) in [5.41, 5.74) is 3.89. The lowest BCUT2D eigenvalue weighted by molar-refractivity contribution is -0.119. The summed E-state index contributed by atoms with van der Waals surface area (Å²) in [4.78, 5) is 16.2. The van der Waals surface area contributed by atoms with E-state index in [-0.39, 0.29) is 23.0 Å². The van der Waals surface area contributed by atoms with Gasteiger partial charge in [-0.3, -0.25) is 9.48 Å². The van der Waals surface area contributed by atoms with Gasteiger partial charge in [-0.1, -0.05) is 11.8 Å². The summed E-state index contributed by atoms with van der Waals surface area (Å²) in [6.07, 6.45) is 10.5. The molecule has 8 nitrogen and oxygen atoms in total. The van der Waals surface area contributed by atoms with Gasteiger partial charge in [-0.15, -0.1) is 0 Å². The van der Waals surface area contributed by atoms with Gasteiger partial charge in [0, 0.05) is 47.1 Å². The van der Waals surface area contributed by atoms with E-state index in [1.807, 2.05) is 25.4 Å². The van der Waals surface area contributed by atoms with Crippen LogP contribution in [0.5, 0.6) is 0 Å². The fraction of sp³-hybridized carbons (Fsp3) is 0.320. The molecule has 10 heteroatoms. The second-order valence-electron chi connectivity index (χ2n) is 8.74. The maximum atomic E-state index is 14.4. The van der Waals surface area contributed by atoms with Crippen LogP contribution >= 0.6 is 11.8 Å². The molecular formula is C25H24FN7OS. The minimum atomic E-state index is -0.419. The molecular weight excluding hydrogens is 465 g/mol. The molecule has 0 unspecified atom stereocenters. The number of hydrogen-bond acceptors (Lipinski definition) is 6. The van der Waals surface area contributed by atoms with Crippen LogP contribution in [0.1, 0.15) is 49.9 Å². The van der Waals surface area contributed by atoms with Crippen LogP contribution < -0.4 is 5.32 Å². The van der Waals surface area contributed by atoms with Crippen LogP contribution in [0.4, 0.5) is 4.39 Å². The predicted molar refractivity (Wildman–Crippen MR) is 129 cm³/mol. The topological polar surface area (TPSA) is 101 Å². The number of nitriles is 1. The van der Waals surface area contributed by atoms with Gasteiger partial charge in [0.15, 0.2) is 5.82 Å². The molecule has 1 fully saturated rings. The van der Waals surface area contributed by atoms with E-state index in [1.54, 1.807) is 23.7 Å². The fourth-order valence-electron chi connectivity index (χ4n) is 4.77. The van der Waals surface area contributed by atoms with E-state index in [1.165, 1.54) is 24.0 Å². The molecule has 4 aromatic rings. The van der Waals surface area contributed by atoms with Gasteiger partial charge in [0.2, 0.25) is 5.91 Å². The van der Waals surface area contributed by atoms with Gasteiger partial charge in [-0.05, 0) is 50.8 Å². The lowest BCUT2D eigenvalue weighted by Gasteiger charge is -2.29. The first-order chi connectivity index (χ1) is 16.9. The van der Waals surface area contributed by atoms with Gasteiger partial charge in [0.1, 0.15) is 11.1 Å². The number of nitrogens with zero attached hydrogens (tertiary/aromatic N) is 6. The van der Waals surface area contributed by atoms with Crippen molar-refractivity contribution in [1.29, 1.82) is 5.26 Å². The van der Waals surface area contributed by atoms with Gasteiger partial charge in [0.05, 0.1) is 29.5 Å². The quantitative estimate of drug-likeness (QED) is 0.437. The third-order valence-corrected chi connectivity index (χ3v) is 7.46. The zero-order valence-corrected chi connectivity index (χ0v) is 20.2. The SMILES string of the molecule is CC(=O)NC1CCC(n2ncc(-c3cc(Sc4ncccc4F)c4c(C#N)cnn4c3)c2C)CC1. The molecule has 1 N–H and O–H groups in total. The Morgan fingerprint density at radius 1 is 1.26 bits per heavy atom. The number of fused-ring (bicyclic) bond motifs is 1. The van der Waals surface area contributed by atoms with Crippen molar-refractivity contribution in [3.8, 4) is 17.2 Å². The number of halogens is 1. The molecule has 0 aromatic carbocycles. The average molecular weight is 490 g/mol. The first kappa shape index (κ1) is 23.1. The van der Waals surface area contributed by atoms with Crippen molar-refractivity contribution in [1.82, 2.24) is 29.7 Å². The second kappa shape index (κ2) is 9.50. The summed E-state index contributed by atoms with van der Waals surface area (Å²) in [6.45, 7) is 3.60. The van der Waals surface area contributed by atoms with E-state index in [0.29, 0.717) is 16.0 Å². The summed E-state index contributed by atoms with van der Waals surface area (Å²) in [6, 6.07) is 7.52. The van der Waals surface area contributed by atoms with Crippen molar-refractivity contribution < 1.29 is 9.18 Å². The molecule has 0 bridgehead atoms. The van der Waals surface area contributed by atoms with Gasteiger partial charge in [-0.2, -0.15) is 15.5 Å². The van der Waals surface area contributed by atoms with E-state index in [9.17, 15) is 14.4 Å². The van der Waals surface area contributed by atoms with Crippen LogP contribution in [-0.4, -0.2) is 36.3 Å². The van der Waals surface area contributed by atoms with E-state index < -0.39 is 5.82 Å². The Morgan fingerprint density at radius 3 is 2.77 bits per heavy atom. The largest absolute Gasteiger partial charge is 0.354 e.